The third-order valence-electron chi connectivity index (χ3n) is 2.85. The lowest BCUT2D eigenvalue weighted by atomic mass is 10.1. The molecule has 2 amide bonds. The molecule has 0 radical (unpaired) electrons. The average Bonchev–Trinajstić information content (AvgIpc) is 2.38. The molecule has 0 bridgehead atoms. The first-order valence-electron chi connectivity index (χ1n) is 5.68. The summed E-state index contributed by atoms with van der Waals surface area (Å²) in [6, 6.07) is 5.60. The molecule has 5 nitrogen and oxygen atoms in total. The van der Waals surface area contributed by atoms with E-state index in [-0.39, 0.29) is 6.03 Å². The monoisotopic (exact) mass is 235 g/mol. The Morgan fingerprint density at radius 3 is 3.00 bits per heavy atom. The van der Waals surface area contributed by atoms with Crippen LogP contribution in [0.5, 0.6) is 5.75 Å². The number of nitrogens with zero attached hydrogens (tertiary/aromatic N) is 1. The topological polar surface area (TPSA) is 67.6 Å². The normalized spacial score (nSPS) is 15.6. The van der Waals surface area contributed by atoms with Crippen LogP contribution in [-0.4, -0.2) is 26.2 Å². The standard InChI is InChI=1S/C12H17N3O2/c1-17-11-7-9(8-13)3-4-10(11)15-6-2-5-14-12(15)16/h3-4,7H,2,5-6,8,13H2,1H3,(H,14,16). The van der Waals surface area contributed by atoms with Crippen molar-refractivity contribution in [2.24, 2.45) is 5.73 Å². The molecule has 0 spiro atoms. The van der Waals surface area contributed by atoms with E-state index in [9.17, 15) is 4.79 Å². The quantitative estimate of drug-likeness (QED) is 0.823. The second kappa shape index (κ2) is 5.05. The van der Waals surface area contributed by atoms with Gasteiger partial charge in [0.2, 0.25) is 0 Å². The fourth-order valence-corrected chi connectivity index (χ4v) is 1.93. The van der Waals surface area contributed by atoms with E-state index in [1.165, 1.54) is 0 Å². The van der Waals surface area contributed by atoms with Crippen molar-refractivity contribution in [1.82, 2.24) is 5.32 Å². The van der Waals surface area contributed by atoms with Crippen molar-refractivity contribution in [1.29, 1.82) is 0 Å². The Bertz CT molecular complexity index is 420. The van der Waals surface area contributed by atoms with E-state index in [1.807, 2.05) is 18.2 Å². The first-order valence-corrected chi connectivity index (χ1v) is 5.68. The lowest BCUT2D eigenvalue weighted by Gasteiger charge is -2.28. The Morgan fingerprint density at radius 2 is 2.35 bits per heavy atom. The van der Waals surface area contributed by atoms with Gasteiger partial charge in [-0.2, -0.15) is 0 Å². The third-order valence-corrected chi connectivity index (χ3v) is 2.85. The maximum atomic E-state index is 11.8. The highest BCUT2D eigenvalue weighted by Gasteiger charge is 2.22. The number of benzene rings is 1. The highest BCUT2D eigenvalue weighted by molar-refractivity contribution is 5.94. The number of hydrogen-bond donors (Lipinski definition) is 2. The molecule has 0 aliphatic carbocycles. The van der Waals surface area contributed by atoms with Gasteiger partial charge in [0.25, 0.3) is 0 Å². The van der Waals surface area contributed by atoms with Crippen LogP contribution in [0.25, 0.3) is 0 Å². The maximum absolute atomic E-state index is 11.8. The molecule has 92 valence electrons. The van der Waals surface area contributed by atoms with Crippen molar-refractivity contribution in [3.63, 3.8) is 0 Å². The van der Waals surface area contributed by atoms with Gasteiger partial charge in [-0.3, -0.25) is 4.90 Å². The zero-order chi connectivity index (χ0) is 12.3. The SMILES string of the molecule is COc1cc(CN)ccc1N1CCCNC1=O. The molecule has 0 atom stereocenters. The molecule has 1 aliphatic rings. The van der Waals surface area contributed by atoms with Crippen molar-refractivity contribution < 1.29 is 9.53 Å². The van der Waals surface area contributed by atoms with Gasteiger partial charge in [0.05, 0.1) is 12.8 Å². The molecular formula is C12H17N3O2. The number of nitrogens with one attached hydrogen (secondary N) is 1. The number of rotatable bonds is 3. The Kier molecular flexibility index (Phi) is 3.49. The summed E-state index contributed by atoms with van der Waals surface area (Å²) in [5.74, 6) is 0.685. The zero-order valence-corrected chi connectivity index (χ0v) is 9.90. The first kappa shape index (κ1) is 11.7. The average molecular weight is 235 g/mol. The second-order valence-corrected chi connectivity index (χ2v) is 3.95. The van der Waals surface area contributed by atoms with E-state index in [4.69, 9.17) is 10.5 Å². The second-order valence-electron chi connectivity index (χ2n) is 3.95. The van der Waals surface area contributed by atoms with Crippen molar-refractivity contribution >= 4 is 11.7 Å². The summed E-state index contributed by atoms with van der Waals surface area (Å²) in [6.07, 6.45) is 0.938. The summed E-state index contributed by atoms with van der Waals surface area (Å²) < 4.78 is 5.31. The Hall–Kier alpha value is -1.75. The molecule has 3 N–H and O–H groups in total. The fourth-order valence-electron chi connectivity index (χ4n) is 1.93. The number of nitrogens with two attached hydrogens (primary N) is 1. The van der Waals surface area contributed by atoms with Gasteiger partial charge in [0, 0.05) is 19.6 Å². The summed E-state index contributed by atoms with van der Waals surface area (Å²) in [5, 5.41) is 2.82. The minimum atomic E-state index is -0.0740. The van der Waals surface area contributed by atoms with Gasteiger partial charge in [-0.1, -0.05) is 6.07 Å². The number of amides is 2. The van der Waals surface area contributed by atoms with Crippen molar-refractivity contribution in [2.45, 2.75) is 13.0 Å². The molecule has 17 heavy (non-hydrogen) atoms. The summed E-state index contributed by atoms with van der Waals surface area (Å²) in [6.45, 7) is 1.91. The third kappa shape index (κ3) is 2.34. The van der Waals surface area contributed by atoms with Crippen molar-refractivity contribution in [2.75, 3.05) is 25.1 Å². The van der Waals surface area contributed by atoms with E-state index in [0.717, 1.165) is 24.2 Å². The summed E-state index contributed by atoms with van der Waals surface area (Å²) in [7, 11) is 1.60. The number of hydrogen-bond acceptors (Lipinski definition) is 3. The van der Waals surface area contributed by atoms with Crippen LogP contribution in [0.4, 0.5) is 10.5 Å². The predicted molar refractivity (Wildman–Crippen MR) is 66.2 cm³/mol. The van der Waals surface area contributed by atoms with Gasteiger partial charge in [-0.05, 0) is 24.1 Å². The predicted octanol–water partition coefficient (Wildman–Crippen LogP) is 1.07. The van der Waals surface area contributed by atoms with Gasteiger partial charge < -0.3 is 15.8 Å². The number of methoxy groups -OCH3 is 1. The molecule has 1 aromatic carbocycles. The molecule has 1 aromatic rings. The lowest BCUT2D eigenvalue weighted by molar-refractivity contribution is 0.242. The number of anilines is 1. The molecule has 5 heteroatoms. The van der Waals surface area contributed by atoms with Gasteiger partial charge in [0.1, 0.15) is 5.75 Å². The maximum Gasteiger partial charge on any atom is 0.321 e. The van der Waals surface area contributed by atoms with E-state index < -0.39 is 0 Å². The van der Waals surface area contributed by atoms with E-state index in [0.29, 0.717) is 18.8 Å². The van der Waals surface area contributed by atoms with Gasteiger partial charge in [0.15, 0.2) is 0 Å². The fraction of sp³-hybridized carbons (Fsp3) is 0.417. The first-order chi connectivity index (χ1) is 8.26. The van der Waals surface area contributed by atoms with Crippen LogP contribution in [0, 0.1) is 0 Å². The molecule has 0 saturated carbocycles. The van der Waals surface area contributed by atoms with E-state index in [1.54, 1.807) is 12.0 Å². The lowest BCUT2D eigenvalue weighted by Crippen LogP contribution is -2.46. The highest BCUT2D eigenvalue weighted by Crippen LogP contribution is 2.30. The minimum absolute atomic E-state index is 0.0740. The van der Waals surface area contributed by atoms with Crippen molar-refractivity contribution in [3.05, 3.63) is 23.8 Å². The van der Waals surface area contributed by atoms with Crippen LogP contribution < -0.4 is 20.7 Å². The smallest absolute Gasteiger partial charge is 0.321 e. The zero-order valence-electron chi connectivity index (χ0n) is 9.90. The van der Waals surface area contributed by atoms with Crippen LogP contribution in [-0.2, 0) is 6.54 Å². The largest absolute Gasteiger partial charge is 0.495 e. The van der Waals surface area contributed by atoms with Gasteiger partial charge >= 0.3 is 6.03 Å². The number of carbonyl (C=O) groups excluding carboxylic acids is 1. The molecular weight excluding hydrogens is 218 g/mol. The molecule has 1 aliphatic heterocycles. The Labute approximate surface area is 101 Å². The summed E-state index contributed by atoms with van der Waals surface area (Å²) in [4.78, 5) is 13.4. The molecule has 1 fully saturated rings. The molecule has 1 saturated heterocycles. The molecule has 0 aromatic heterocycles. The van der Waals surface area contributed by atoms with Crippen LogP contribution in [0.2, 0.25) is 0 Å². The number of ether oxygens (including phenoxy) is 1. The van der Waals surface area contributed by atoms with Gasteiger partial charge in [-0.15, -0.1) is 0 Å². The Balaban J connectivity index is 2.33. The molecule has 2 rings (SSSR count). The van der Waals surface area contributed by atoms with Crippen LogP contribution in [0.15, 0.2) is 18.2 Å². The van der Waals surface area contributed by atoms with E-state index >= 15 is 0 Å². The van der Waals surface area contributed by atoms with Crippen molar-refractivity contribution in [3.8, 4) is 5.75 Å². The number of urea groups is 1. The Morgan fingerprint density at radius 1 is 1.53 bits per heavy atom. The van der Waals surface area contributed by atoms with Gasteiger partial charge in [-0.25, -0.2) is 4.79 Å². The minimum Gasteiger partial charge on any atom is -0.495 e. The van der Waals surface area contributed by atoms with Crippen LogP contribution in [0.3, 0.4) is 0 Å². The molecule has 0 unspecified atom stereocenters. The summed E-state index contributed by atoms with van der Waals surface area (Å²) in [5.41, 5.74) is 7.36. The van der Waals surface area contributed by atoms with Crippen LogP contribution in [0.1, 0.15) is 12.0 Å². The van der Waals surface area contributed by atoms with Crippen LogP contribution >= 0.6 is 0 Å². The number of carbonyl (C=O) groups is 1. The summed E-state index contributed by atoms with van der Waals surface area (Å²) >= 11 is 0. The van der Waals surface area contributed by atoms with E-state index in [2.05, 4.69) is 5.32 Å². The molecule has 1 heterocycles. The highest BCUT2D eigenvalue weighted by atomic mass is 16.5.